The standard InChI is InChI=1S/C19H26O.3C2H6/c1-11-17-6-7-18-16-4-2-12-10-13(20)3-5-14(12)15(16)8-9-19(11,17)18;3*1-2/h10-11,14-18H,2-9H2,1H3;3*1-2H3. The van der Waals surface area contributed by atoms with Crippen LogP contribution in [0.1, 0.15) is 99.8 Å². The highest BCUT2D eigenvalue weighted by Crippen LogP contribution is 2.78. The molecule has 0 bridgehead atoms. The van der Waals surface area contributed by atoms with Crippen molar-refractivity contribution in [1.82, 2.24) is 0 Å². The summed E-state index contributed by atoms with van der Waals surface area (Å²) in [5, 5.41) is 0. The Morgan fingerprint density at radius 3 is 2.12 bits per heavy atom. The van der Waals surface area contributed by atoms with Gasteiger partial charge in [0.25, 0.3) is 0 Å². The number of carbonyl (C=O) groups excluding carboxylic acids is 1. The maximum absolute atomic E-state index is 11.7. The first-order valence-corrected chi connectivity index (χ1v) is 11.9. The Morgan fingerprint density at radius 2 is 1.46 bits per heavy atom. The number of carbonyl (C=O) groups is 1. The van der Waals surface area contributed by atoms with Crippen molar-refractivity contribution in [2.75, 3.05) is 0 Å². The molecule has 0 aliphatic heterocycles. The van der Waals surface area contributed by atoms with Gasteiger partial charge in [-0.1, -0.05) is 54.0 Å². The van der Waals surface area contributed by atoms with E-state index < -0.39 is 0 Å². The first-order valence-electron chi connectivity index (χ1n) is 11.9. The fourth-order valence-corrected chi connectivity index (χ4v) is 7.52. The van der Waals surface area contributed by atoms with Gasteiger partial charge in [0.05, 0.1) is 0 Å². The van der Waals surface area contributed by atoms with Gasteiger partial charge in [-0.15, -0.1) is 0 Å². The van der Waals surface area contributed by atoms with Gasteiger partial charge in [0.15, 0.2) is 5.78 Å². The van der Waals surface area contributed by atoms with Gasteiger partial charge in [-0.25, -0.2) is 0 Å². The molecule has 1 heteroatoms. The minimum atomic E-state index is 0.402. The molecule has 7 unspecified atom stereocenters. The number of hydrogen-bond acceptors (Lipinski definition) is 1. The van der Waals surface area contributed by atoms with Crippen LogP contribution in [0, 0.1) is 40.9 Å². The van der Waals surface area contributed by atoms with Crippen LogP contribution in [0.15, 0.2) is 11.6 Å². The minimum Gasteiger partial charge on any atom is -0.295 e. The average molecular weight is 361 g/mol. The molecule has 0 radical (unpaired) electrons. The van der Waals surface area contributed by atoms with Crippen molar-refractivity contribution in [3.8, 4) is 0 Å². The first kappa shape index (κ1) is 21.7. The van der Waals surface area contributed by atoms with Crippen LogP contribution in [-0.4, -0.2) is 5.78 Å². The van der Waals surface area contributed by atoms with E-state index in [0.717, 1.165) is 47.3 Å². The van der Waals surface area contributed by atoms with Gasteiger partial charge in [0.2, 0.25) is 0 Å². The normalized spacial score (nSPS) is 44.0. The monoisotopic (exact) mass is 360 g/mol. The molecule has 0 saturated heterocycles. The highest BCUT2D eigenvalue weighted by Gasteiger charge is 2.71. The Kier molecular flexibility index (Phi) is 7.57. The summed E-state index contributed by atoms with van der Waals surface area (Å²) in [5.74, 6) is 6.32. The van der Waals surface area contributed by atoms with Gasteiger partial charge in [-0.2, -0.15) is 0 Å². The Labute approximate surface area is 163 Å². The maximum atomic E-state index is 11.7. The van der Waals surface area contributed by atoms with Gasteiger partial charge in [-0.3, -0.25) is 4.79 Å². The average Bonchev–Trinajstić information content (AvgIpc) is 3.07. The summed E-state index contributed by atoms with van der Waals surface area (Å²) >= 11 is 0. The third-order valence-corrected chi connectivity index (χ3v) is 8.30. The van der Waals surface area contributed by atoms with E-state index in [-0.39, 0.29) is 0 Å². The molecular formula is C25H44O. The maximum Gasteiger partial charge on any atom is 0.155 e. The van der Waals surface area contributed by atoms with Crippen molar-refractivity contribution in [3.05, 3.63) is 11.6 Å². The highest BCUT2D eigenvalue weighted by molar-refractivity contribution is 5.91. The fourth-order valence-electron chi connectivity index (χ4n) is 7.52. The highest BCUT2D eigenvalue weighted by atomic mass is 16.1. The van der Waals surface area contributed by atoms with Gasteiger partial charge in [0.1, 0.15) is 0 Å². The summed E-state index contributed by atoms with van der Waals surface area (Å²) in [5.41, 5.74) is 2.34. The van der Waals surface area contributed by atoms with E-state index in [1.807, 2.05) is 47.6 Å². The van der Waals surface area contributed by atoms with Crippen molar-refractivity contribution in [3.63, 3.8) is 0 Å². The number of ketones is 1. The van der Waals surface area contributed by atoms with Gasteiger partial charge < -0.3 is 0 Å². The summed E-state index contributed by atoms with van der Waals surface area (Å²) in [7, 11) is 0. The van der Waals surface area contributed by atoms with E-state index >= 15 is 0 Å². The lowest BCUT2D eigenvalue weighted by Crippen LogP contribution is -2.43. The molecule has 5 aliphatic carbocycles. The van der Waals surface area contributed by atoms with E-state index in [1.54, 1.807) is 0 Å². The Balaban J connectivity index is 0.000000371. The van der Waals surface area contributed by atoms with Crippen molar-refractivity contribution >= 4 is 5.78 Å². The second kappa shape index (κ2) is 9.07. The molecule has 0 aromatic rings. The van der Waals surface area contributed by atoms with E-state index in [2.05, 4.69) is 6.92 Å². The zero-order valence-corrected chi connectivity index (χ0v) is 18.6. The van der Waals surface area contributed by atoms with Crippen molar-refractivity contribution < 1.29 is 4.79 Å². The Morgan fingerprint density at radius 1 is 0.808 bits per heavy atom. The van der Waals surface area contributed by atoms with Crippen LogP contribution in [-0.2, 0) is 4.79 Å². The molecule has 150 valence electrons. The smallest absolute Gasteiger partial charge is 0.155 e. The van der Waals surface area contributed by atoms with Crippen molar-refractivity contribution in [2.45, 2.75) is 99.8 Å². The van der Waals surface area contributed by atoms with Crippen LogP contribution in [0.2, 0.25) is 0 Å². The SMILES string of the molecule is CC.CC.CC.CC1C2CCC3C4CCC5=CC(=O)CCC5C4CCC132. The molecule has 0 aromatic heterocycles. The molecule has 26 heavy (non-hydrogen) atoms. The van der Waals surface area contributed by atoms with Gasteiger partial charge in [-0.05, 0) is 91.9 Å². The zero-order chi connectivity index (χ0) is 19.5. The van der Waals surface area contributed by atoms with Crippen LogP contribution in [0.3, 0.4) is 0 Å². The van der Waals surface area contributed by atoms with E-state index in [4.69, 9.17) is 0 Å². The number of fused-ring (bicyclic) bond motifs is 4. The zero-order valence-electron chi connectivity index (χ0n) is 18.6. The van der Waals surface area contributed by atoms with Crippen LogP contribution in [0.4, 0.5) is 0 Å². The molecule has 7 atom stereocenters. The Hall–Kier alpha value is -0.590. The summed E-state index contributed by atoms with van der Waals surface area (Å²) in [6.45, 7) is 14.5. The molecule has 5 rings (SSSR count). The quantitative estimate of drug-likeness (QED) is 0.438. The largest absolute Gasteiger partial charge is 0.295 e. The van der Waals surface area contributed by atoms with E-state index in [9.17, 15) is 4.79 Å². The molecule has 0 heterocycles. The summed E-state index contributed by atoms with van der Waals surface area (Å²) in [6, 6.07) is 0. The second-order valence-corrected chi connectivity index (χ2v) is 8.43. The minimum absolute atomic E-state index is 0.402. The molecule has 4 fully saturated rings. The summed E-state index contributed by atoms with van der Waals surface area (Å²) in [6.07, 6.45) is 12.7. The van der Waals surface area contributed by atoms with Gasteiger partial charge >= 0.3 is 0 Å². The molecule has 0 N–H and O–H groups in total. The topological polar surface area (TPSA) is 17.1 Å². The lowest BCUT2D eigenvalue weighted by Gasteiger charge is -2.50. The second-order valence-electron chi connectivity index (χ2n) is 8.43. The molecule has 1 spiro atoms. The fraction of sp³-hybridized carbons (Fsp3) is 0.880. The molecule has 0 amide bonds. The predicted molar refractivity (Wildman–Crippen MR) is 113 cm³/mol. The van der Waals surface area contributed by atoms with Crippen molar-refractivity contribution in [2.24, 2.45) is 40.9 Å². The molecule has 5 aliphatic rings. The predicted octanol–water partition coefficient (Wildman–Crippen LogP) is 7.45. The lowest BCUT2D eigenvalue weighted by molar-refractivity contribution is -0.115. The van der Waals surface area contributed by atoms with Crippen LogP contribution < -0.4 is 0 Å². The summed E-state index contributed by atoms with van der Waals surface area (Å²) in [4.78, 5) is 11.7. The number of hydrogen-bond donors (Lipinski definition) is 0. The van der Waals surface area contributed by atoms with E-state index in [1.165, 1.54) is 50.5 Å². The van der Waals surface area contributed by atoms with Gasteiger partial charge in [0, 0.05) is 6.42 Å². The van der Waals surface area contributed by atoms with Crippen LogP contribution >= 0.6 is 0 Å². The third-order valence-electron chi connectivity index (χ3n) is 8.30. The molecular weight excluding hydrogens is 316 g/mol. The summed E-state index contributed by atoms with van der Waals surface area (Å²) < 4.78 is 0. The van der Waals surface area contributed by atoms with Crippen LogP contribution in [0.25, 0.3) is 0 Å². The number of allylic oxidation sites excluding steroid dienone is 1. The molecule has 0 aromatic carbocycles. The lowest BCUT2D eigenvalue weighted by atomic mass is 9.54. The van der Waals surface area contributed by atoms with E-state index in [0.29, 0.717) is 5.78 Å². The Bertz CT molecular complexity index is 504. The van der Waals surface area contributed by atoms with Crippen LogP contribution in [0.5, 0.6) is 0 Å². The number of rotatable bonds is 0. The first-order chi connectivity index (χ1) is 12.7. The molecule has 4 saturated carbocycles. The molecule has 1 nitrogen and oxygen atoms in total. The van der Waals surface area contributed by atoms with Crippen molar-refractivity contribution in [1.29, 1.82) is 0 Å². The third kappa shape index (κ3) is 3.22.